The maximum atomic E-state index is 5.91. The second-order valence-corrected chi connectivity index (χ2v) is 6.08. The van der Waals surface area contributed by atoms with Gasteiger partial charge < -0.3 is 29.6 Å². The predicted octanol–water partition coefficient (Wildman–Crippen LogP) is -2.05. The van der Waals surface area contributed by atoms with Crippen LogP contribution in [-0.2, 0) is 25.2 Å². The molecule has 3 aliphatic rings. The van der Waals surface area contributed by atoms with Crippen LogP contribution in [0.2, 0.25) is 0 Å². The van der Waals surface area contributed by atoms with Gasteiger partial charge in [-0.3, -0.25) is 0 Å². The smallest absolute Gasteiger partial charge is 1.00 e. The van der Waals surface area contributed by atoms with Crippen LogP contribution in [0.3, 0.4) is 0 Å². The molecule has 20 heavy (non-hydrogen) atoms. The third-order valence-corrected chi connectivity index (χ3v) is 4.84. The molecule has 0 amide bonds. The van der Waals surface area contributed by atoms with Gasteiger partial charge in [0.25, 0.3) is 0 Å². The molecule has 1 aliphatic heterocycles. The van der Waals surface area contributed by atoms with E-state index in [4.69, 9.17) is 9.73 Å². The average molecular weight is 413 g/mol. The van der Waals surface area contributed by atoms with Crippen molar-refractivity contribution >= 4 is 5.90 Å². The fourth-order valence-corrected chi connectivity index (χ4v) is 3.74. The number of halogens is 2. The molecule has 0 saturated heterocycles. The van der Waals surface area contributed by atoms with E-state index >= 15 is 0 Å². The van der Waals surface area contributed by atoms with Gasteiger partial charge in [0, 0.05) is 5.92 Å². The van der Waals surface area contributed by atoms with Crippen LogP contribution in [0.15, 0.2) is 4.99 Å². The van der Waals surface area contributed by atoms with Crippen molar-refractivity contribution in [2.45, 2.75) is 70.3 Å². The summed E-state index contributed by atoms with van der Waals surface area (Å²) in [7, 11) is 0. The zero-order chi connectivity index (χ0) is 11.5. The van der Waals surface area contributed by atoms with Crippen LogP contribution in [0, 0.1) is 11.8 Å². The number of hydrogen-bond acceptors (Lipinski definition) is 2. The van der Waals surface area contributed by atoms with E-state index in [9.17, 15) is 0 Å². The molecule has 120 valence electrons. The minimum Gasteiger partial charge on any atom is -1.00 e. The molecule has 1 unspecified atom stereocenters. The first kappa shape index (κ1) is 20.7. The molecule has 5 heteroatoms. The van der Waals surface area contributed by atoms with Gasteiger partial charge in [-0.1, -0.05) is 38.5 Å². The summed E-state index contributed by atoms with van der Waals surface area (Å²) >= 11 is 0. The van der Waals surface area contributed by atoms with E-state index in [1.54, 1.807) is 0 Å². The molecule has 0 aromatic heterocycles. The molecule has 2 aliphatic carbocycles. The summed E-state index contributed by atoms with van der Waals surface area (Å²) in [5.41, 5.74) is 0. The molecule has 0 spiro atoms. The Morgan fingerprint density at radius 1 is 0.800 bits per heavy atom. The van der Waals surface area contributed by atoms with Crippen LogP contribution < -0.4 is 24.8 Å². The largest absolute Gasteiger partial charge is 2.00 e. The monoisotopic (exact) mass is 411 g/mol. The predicted molar refractivity (Wildman–Crippen MR) is 70.3 cm³/mol. The first-order chi connectivity index (χ1) is 8.43. The van der Waals surface area contributed by atoms with E-state index < -0.39 is 0 Å². The Morgan fingerprint density at radius 2 is 1.35 bits per heavy atom. The first-order valence-corrected chi connectivity index (χ1v) is 7.64. The Hall–Kier alpha value is 0.712. The number of hydrogen-bond donors (Lipinski definition) is 0. The van der Waals surface area contributed by atoms with Crippen molar-refractivity contribution < 1.29 is 50.0 Å². The Morgan fingerprint density at radius 3 is 1.95 bits per heavy atom. The molecule has 1 atom stereocenters. The number of nitrogens with zero attached hydrogens (tertiary/aromatic N) is 1. The van der Waals surface area contributed by atoms with Gasteiger partial charge in [-0.25, -0.2) is 4.99 Å². The molecule has 2 fully saturated rings. The van der Waals surface area contributed by atoms with Gasteiger partial charge in [0.05, 0.1) is 6.04 Å². The van der Waals surface area contributed by atoms with Gasteiger partial charge in [0.1, 0.15) is 6.61 Å². The molecule has 0 N–H and O–H groups in total. The van der Waals surface area contributed by atoms with E-state index in [1.807, 2.05) is 0 Å². The molecule has 0 bridgehead atoms. The Balaban J connectivity index is 0.00000120. The average Bonchev–Trinajstić information content (AvgIpc) is 2.90. The van der Waals surface area contributed by atoms with Gasteiger partial charge in [0.15, 0.2) is 5.90 Å². The number of ether oxygens (including phenoxy) is 1. The molecule has 2 nitrogen and oxygen atoms in total. The molecule has 3 rings (SSSR count). The van der Waals surface area contributed by atoms with Gasteiger partial charge >= 0.3 is 20.4 Å². The zero-order valence-electron chi connectivity index (χ0n) is 11.9. The topological polar surface area (TPSA) is 21.6 Å². The van der Waals surface area contributed by atoms with E-state index in [2.05, 4.69) is 0 Å². The third kappa shape index (κ3) is 5.17. The summed E-state index contributed by atoms with van der Waals surface area (Å²) in [6.07, 6.45) is 13.8. The van der Waals surface area contributed by atoms with Crippen molar-refractivity contribution in [3.63, 3.8) is 0 Å². The summed E-state index contributed by atoms with van der Waals surface area (Å²) in [5.74, 6) is 2.61. The van der Waals surface area contributed by atoms with Crippen LogP contribution >= 0.6 is 0 Å². The molecule has 0 aromatic carbocycles. The van der Waals surface area contributed by atoms with Gasteiger partial charge in [-0.15, -0.1) is 0 Å². The second-order valence-electron chi connectivity index (χ2n) is 6.08. The van der Waals surface area contributed by atoms with Gasteiger partial charge in [-0.05, 0) is 31.6 Å². The first-order valence-electron chi connectivity index (χ1n) is 7.64. The van der Waals surface area contributed by atoms with Crippen LogP contribution in [0.4, 0.5) is 0 Å². The number of rotatable bonds is 2. The van der Waals surface area contributed by atoms with Crippen molar-refractivity contribution in [2.75, 3.05) is 6.61 Å². The fraction of sp³-hybridized carbons (Fsp3) is 0.933. The second kappa shape index (κ2) is 10.4. The van der Waals surface area contributed by atoms with E-state index in [0.29, 0.717) is 12.0 Å². The maximum Gasteiger partial charge on any atom is 2.00 e. The van der Waals surface area contributed by atoms with Crippen molar-refractivity contribution in [3.8, 4) is 0 Å². The Labute approximate surface area is 149 Å². The summed E-state index contributed by atoms with van der Waals surface area (Å²) < 4.78 is 5.91. The molecule has 0 aromatic rings. The SMILES string of the molecule is C1CCC(C2=NC(C3CCCCC3)CO2)CC1.[Cl-].[Cl-].[Pd+2]. The van der Waals surface area contributed by atoms with Crippen molar-refractivity contribution in [2.24, 2.45) is 16.8 Å². The van der Waals surface area contributed by atoms with Crippen LogP contribution in [0.1, 0.15) is 64.2 Å². The minimum absolute atomic E-state index is 0. The standard InChI is InChI=1S/C15H25NO.2ClH.Pd/c1-3-7-12(8-4-1)14-11-17-15(16-14)13-9-5-2-6-10-13;;;/h12-14H,1-11H2;2*1H;/q;;;+2/p-2. The summed E-state index contributed by atoms with van der Waals surface area (Å²) in [5, 5.41) is 0. The summed E-state index contributed by atoms with van der Waals surface area (Å²) in [6, 6.07) is 0.507. The fourth-order valence-electron chi connectivity index (χ4n) is 3.74. The molecular formula is C15H25Cl2NOPd. The maximum absolute atomic E-state index is 5.91. The van der Waals surface area contributed by atoms with Crippen molar-refractivity contribution in [3.05, 3.63) is 0 Å². The Bertz CT molecular complexity index is 290. The van der Waals surface area contributed by atoms with Crippen LogP contribution in [0.5, 0.6) is 0 Å². The van der Waals surface area contributed by atoms with Crippen LogP contribution in [0.25, 0.3) is 0 Å². The number of aliphatic imine (C=N–C) groups is 1. The molecular weight excluding hydrogens is 387 g/mol. The molecule has 2 saturated carbocycles. The quantitative estimate of drug-likeness (QED) is 0.479. The van der Waals surface area contributed by atoms with Crippen molar-refractivity contribution in [1.82, 2.24) is 0 Å². The minimum atomic E-state index is 0. The molecule has 0 radical (unpaired) electrons. The van der Waals surface area contributed by atoms with E-state index in [-0.39, 0.29) is 45.2 Å². The van der Waals surface area contributed by atoms with E-state index in [1.165, 1.54) is 64.2 Å². The summed E-state index contributed by atoms with van der Waals surface area (Å²) in [6.45, 7) is 0.885. The molecule has 1 heterocycles. The van der Waals surface area contributed by atoms with Crippen molar-refractivity contribution in [1.29, 1.82) is 0 Å². The Kier molecular flexibility index (Phi) is 10.8. The normalized spacial score (nSPS) is 27.4. The van der Waals surface area contributed by atoms with Crippen LogP contribution in [-0.4, -0.2) is 18.5 Å². The summed E-state index contributed by atoms with van der Waals surface area (Å²) in [4.78, 5) is 4.93. The zero-order valence-corrected chi connectivity index (χ0v) is 15.0. The van der Waals surface area contributed by atoms with Gasteiger partial charge in [0.2, 0.25) is 0 Å². The van der Waals surface area contributed by atoms with E-state index in [0.717, 1.165) is 18.4 Å². The third-order valence-electron chi connectivity index (χ3n) is 4.84. The van der Waals surface area contributed by atoms with Gasteiger partial charge in [-0.2, -0.15) is 0 Å².